The van der Waals surface area contributed by atoms with Crippen LogP contribution in [0.1, 0.15) is 322 Å². The van der Waals surface area contributed by atoms with E-state index in [0.717, 1.165) is 70.6 Å². The molecular weight excluding hydrogens is 933 g/mol. The summed E-state index contributed by atoms with van der Waals surface area (Å²) in [6.45, 7) is 4.01. The highest BCUT2D eigenvalue weighted by Gasteiger charge is 2.16. The molecule has 0 amide bonds. The van der Waals surface area contributed by atoms with Gasteiger partial charge in [-0.05, 0) is 89.9 Å². The molecule has 0 aliphatic carbocycles. The second kappa shape index (κ2) is 66.1. The minimum Gasteiger partial charge on any atom is -0.462 e. The van der Waals surface area contributed by atoms with Gasteiger partial charge >= 0.3 is 11.9 Å². The van der Waals surface area contributed by atoms with Gasteiger partial charge in [0.25, 0.3) is 0 Å². The number of carbonyl (C=O) groups is 2. The lowest BCUT2D eigenvalue weighted by atomic mass is 10.0. The largest absolute Gasteiger partial charge is 0.462 e. The van der Waals surface area contributed by atoms with E-state index >= 15 is 0 Å². The lowest BCUT2D eigenvalue weighted by Crippen LogP contribution is -2.28. The Hall–Kier alpha value is -3.18. The van der Waals surface area contributed by atoms with Crippen molar-refractivity contribution in [3.8, 4) is 0 Å². The summed E-state index contributed by atoms with van der Waals surface area (Å²) >= 11 is 0. The standard InChI is InChI=1S/C71H124O5/c1-3-5-7-9-11-13-15-17-19-21-23-25-27-28-29-30-31-32-33-34-35-36-37-38-39-40-41-42-44-45-47-49-51-53-55-57-59-61-63-65-70(73)75-68-69(67-72)76-71(74)66-64-62-60-58-56-54-52-50-48-46-43-26-24-22-20-18-16-14-12-10-8-6-4-2/h6,8,12,14,18,20-21,23-24,26,46,48,52,54,58,60,69,72H,3-5,7,9-11,13,15-17,19,22,25,27-45,47,49-51,53,55-57,59,61-68H2,1-2H3/b8-6-,14-12-,20-18-,23-21-,26-24-,48-46-,54-52-,60-58-. The number of hydrogen-bond donors (Lipinski definition) is 1. The van der Waals surface area contributed by atoms with Crippen LogP contribution >= 0.6 is 0 Å². The second-order valence-corrected chi connectivity index (χ2v) is 21.8. The van der Waals surface area contributed by atoms with Gasteiger partial charge < -0.3 is 14.6 Å². The lowest BCUT2D eigenvalue weighted by molar-refractivity contribution is -0.161. The number of allylic oxidation sites excluding steroid dienone is 16. The molecule has 0 radical (unpaired) electrons. The fraction of sp³-hybridized carbons (Fsp3) is 0.746. The fourth-order valence-electron chi connectivity index (χ4n) is 9.48. The molecule has 438 valence electrons. The minimum atomic E-state index is -0.809. The predicted octanol–water partition coefficient (Wildman–Crippen LogP) is 22.6. The quantitative estimate of drug-likeness (QED) is 0.0373. The number of aliphatic hydroxyl groups is 1. The zero-order valence-electron chi connectivity index (χ0n) is 50.3. The Labute approximate surface area is 472 Å². The molecule has 0 saturated carbocycles. The third kappa shape index (κ3) is 63.4. The van der Waals surface area contributed by atoms with Gasteiger partial charge in [0.2, 0.25) is 0 Å². The van der Waals surface area contributed by atoms with Crippen molar-refractivity contribution in [2.24, 2.45) is 0 Å². The van der Waals surface area contributed by atoms with Crippen LogP contribution in [0.4, 0.5) is 0 Å². The van der Waals surface area contributed by atoms with Gasteiger partial charge in [-0.3, -0.25) is 9.59 Å². The monoisotopic (exact) mass is 1060 g/mol. The molecule has 0 bridgehead atoms. The van der Waals surface area contributed by atoms with E-state index in [-0.39, 0.29) is 31.6 Å². The third-order valence-corrected chi connectivity index (χ3v) is 14.4. The van der Waals surface area contributed by atoms with Gasteiger partial charge in [-0.25, -0.2) is 0 Å². The SMILES string of the molecule is CC/C=C\C/C=C\C/C=C\C/C=C\C/C=C\C/C=C\C/C=C\CCCC(=O)OC(CO)COC(=O)CCCCCCCCCCCCCCCCCCCCCCCCCCCCC/C=C\CCCCCCCCCC. The summed E-state index contributed by atoms with van der Waals surface area (Å²) in [6.07, 6.45) is 94.4. The molecule has 0 heterocycles. The number of hydrogen-bond acceptors (Lipinski definition) is 5. The van der Waals surface area contributed by atoms with Crippen LogP contribution < -0.4 is 0 Å². The Morgan fingerprint density at radius 2 is 0.579 bits per heavy atom. The maximum atomic E-state index is 12.3. The summed E-state index contributed by atoms with van der Waals surface area (Å²) in [7, 11) is 0. The molecule has 1 N–H and O–H groups in total. The topological polar surface area (TPSA) is 72.8 Å². The molecule has 76 heavy (non-hydrogen) atoms. The van der Waals surface area contributed by atoms with E-state index in [1.807, 2.05) is 0 Å². The van der Waals surface area contributed by atoms with Crippen molar-refractivity contribution >= 4 is 11.9 Å². The summed E-state index contributed by atoms with van der Waals surface area (Å²) < 4.78 is 10.7. The van der Waals surface area contributed by atoms with E-state index in [1.54, 1.807) is 0 Å². The summed E-state index contributed by atoms with van der Waals surface area (Å²) in [6, 6.07) is 0. The Morgan fingerprint density at radius 1 is 0.316 bits per heavy atom. The first kappa shape index (κ1) is 72.8. The number of ether oxygens (including phenoxy) is 2. The van der Waals surface area contributed by atoms with Gasteiger partial charge in [0.1, 0.15) is 6.61 Å². The average molecular weight is 1060 g/mol. The summed E-state index contributed by atoms with van der Waals surface area (Å²) in [4.78, 5) is 24.5. The normalized spacial score (nSPS) is 12.8. The molecule has 0 rings (SSSR count). The second-order valence-electron chi connectivity index (χ2n) is 21.8. The first-order valence-corrected chi connectivity index (χ1v) is 32.8. The zero-order valence-corrected chi connectivity index (χ0v) is 50.3. The van der Waals surface area contributed by atoms with E-state index in [2.05, 4.69) is 111 Å². The first-order valence-electron chi connectivity index (χ1n) is 32.8. The average Bonchev–Trinajstić information content (AvgIpc) is 3.42. The zero-order chi connectivity index (χ0) is 54.8. The maximum Gasteiger partial charge on any atom is 0.306 e. The van der Waals surface area contributed by atoms with E-state index in [9.17, 15) is 14.7 Å². The summed E-state index contributed by atoms with van der Waals surface area (Å²) in [5, 5.41) is 9.66. The van der Waals surface area contributed by atoms with E-state index < -0.39 is 6.10 Å². The molecule has 0 aliphatic heterocycles. The third-order valence-electron chi connectivity index (χ3n) is 14.4. The van der Waals surface area contributed by atoms with Crippen molar-refractivity contribution in [2.75, 3.05) is 13.2 Å². The molecule has 0 saturated heterocycles. The van der Waals surface area contributed by atoms with Crippen molar-refractivity contribution < 1.29 is 24.2 Å². The van der Waals surface area contributed by atoms with Crippen molar-refractivity contribution in [3.05, 3.63) is 97.2 Å². The highest BCUT2D eigenvalue weighted by Crippen LogP contribution is 2.18. The van der Waals surface area contributed by atoms with Crippen LogP contribution in [0.3, 0.4) is 0 Å². The lowest BCUT2D eigenvalue weighted by Gasteiger charge is -2.15. The predicted molar refractivity (Wildman–Crippen MR) is 334 cm³/mol. The van der Waals surface area contributed by atoms with Gasteiger partial charge in [-0.15, -0.1) is 0 Å². The molecule has 5 nitrogen and oxygen atoms in total. The van der Waals surface area contributed by atoms with Crippen LogP contribution in [0, 0.1) is 0 Å². The summed E-state index contributed by atoms with van der Waals surface area (Å²) in [5.74, 6) is -0.654. The van der Waals surface area contributed by atoms with Crippen LogP contribution in [-0.2, 0) is 19.1 Å². The van der Waals surface area contributed by atoms with Crippen molar-refractivity contribution in [1.82, 2.24) is 0 Å². The van der Waals surface area contributed by atoms with Crippen LogP contribution in [-0.4, -0.2) is 36.4 Å². The highest BCUT2D eigenvalue weighted by atomic mass is 16.6. The van der Waals surface area contributed by atoms with Crippen molar-refractivity contribution in [2.45, 2.75) is 328 Å². The number of unbranched alkanes of at least 4 members (excludes halogenated alkanes) is 36. The van der Waals surface area contributed by atoms with Crippen molar-refractivity contribution in [1.29, 1.82) is 0 Å². The molecule has 0 aromatic carbocycles. The Morgan fingerprint density at radius 3 is 0.908 bits per heavy atom. The van der Waals surface area contributed by atoms with Crippen LogP contribution in [0.25, 0.3) is 0 Å². The van der Waals surface area contributed by atoms with Crippen LogP contribution in [0.5, 0.6) is 0 Å². The Kier molecular flexibility index (Phi) is 63.3. The van der Waals surface area contributed by atoms with Gasteiger partial charge in [-0.2, -0.15) is 0 Å². The molecule has 1 unspecified atom stereocenters. The van der Waals surface area contributed by atoms with E-state index in [4.69, 9.17) is 9.47 Å². The molecule has 1 atom stereocenters. The summed E-state index contributed by atoms with van der Waals surface area (Å²) in [5.41, 5.74) is 0. The number of carbonyl (C=O) groups excluding carboxylic acids is 2. The Bertz CT molecular complexity index is 1430. The Balaban J connectivity index is 3.46. The fourth-order valence-corrected chi connectivity index (χ4v) is 9.48. The molecule has 0 aromatic heterocycles. The smallest absolute Gasteiger partial charge is 0.306 e. The van der Waals surface area contributed by atoms with Gasteiger partial charge in [0.05, 0.1) is 6.61 Å². The van der Waals surface area contributed by atoms with E-state index in [0.29, 0.717) is 12.8 Å². The molecule has 5 heteroatoms. The number of esters is 2. The molecule has 0 fully saturated rings. The maximum absolute atomic E-state index is 12.3. The van der Waals surface area contributed by atoms with Crippen molar-refractivity contribution in [3.63, 3.8) is 0 Å². The minimum absolute atomic E-state index is 0.0915. The van der Waals surface area contributed by atoms with Gasteiger partial charge in [-0.1, -0.05) is 317 Å². The number of aliphatic hydroxyl groups excluding tert-OH is 1. The van der Waals surface area contributed by atoms with Gasteiger partial charge in [0.15, 0.2) is 6.10 Å². The molecular formula is C71H124O5. The number of rotatable bonds is 60. The van der Waals surface area contributed by atoms with Gasteiger partial charge in [0, 0.05) is 12.8 Å². The van der Waals surface area contributed by atoms with Crippen LogP contribution in [0.15, 0.2) is 97.2 Å². The highest BCUT2D eigenvalue weighted by molar-refractivity contribution is 5.70. The van der Waals surface area contributed by atoms with Crippen LogP contribution in [0.2, 0.25) is 0 Å². The molecule has 0 aliphatic rings. The molecule has 0 spiro atoms. The molecule has 0 aromatic rings. The van der Waals surface area contributed by atoms with E-state index in [1.165, 1.54) is 218 Å². The first-order chi connectivity index (χ1) is 37.6.